The Morgan fingerprint density at radius 3 is 2.88 bits per heavy atom. The van der Waals surface area contributed by atoms with E-state index in [4.69, 9.17) is 16.3 Å². The molecule has 1 aliphatic rings. The van der Waals surface area contributed by atoms with Gasteiger partial charge in [0.1, 0.15) is 6.61 Å². The van der Waals surface area contributed by atoms with Crippen LogP contribution < -0.4 is 10.1 Å². The number of hydrogen-bond acceptors (Lipinski definition) is 5. The Morgan fingerprint density at radius 1 is 1.38 bits per heavy atom. The Hall–Kier alpha value is -2.80. The van der Waals surface area contributed by atoms with Crippen molar-refractivity contribution in [3.63, 3.8) is 0 Å². The molecule has 0 saturated heterocycles. The molecular weight excluding hydrogens is 358 g/mol. The van der Waals surface area contributed by atoms with E-state index in [0.29, 0.717) is 34.1 Å². The first-order valence-electron chi connectivity index (χ1n) is 8.07. The average molecular weight is 376 g/mol. The van der Waals surface area contributed by atoms with Gasteiger partial charge in [0.05, 0.1) is 23.8 Å². The van der Waals surface area contributed by atoms with Crippen LogP contribution in [0.4, 0.5) is 0 Å². The summed E-state index contributed by atoms with van der Waals surface area (Å²) >= 11 is 5.87. The largest absolute Gasteiger partial charge is 0.504 e. The lowest BCUT2D eigenvalue weighted by Crippen LogP contribution is -2.40. The Balaban J connectivity index is 1.88. The van der Waals surface area contributed by atoms with Gasteiger partial charge in [-0.05, 0) is 24.3 Å². The number of hydrogen-bond donors (Lipinski definition) is 2. The molecule has 2 amide bonds. The van der Waals surface area contributed by atoms with Crippen molar-refractivity contribution in [2.75, 3.05) is 19.7 Å². The first kappa shape index (κ1) is 18.0. The van der Waals surface area contributed by atoms with Crippen molar-refractivity contribution in [2.24, 2.45) is 0 Å². The summed E-state index contributed by atoms with van der Waals surface area (Å²) in [7, 11) is 0. The fraction of sp³-hybridized carbons (Fsp3) is 0.278. The second kappa shape index (κ2) is 7.61. The van der Waals surface area contributed by atoms with Gasteiger partial charge >= 0.3 is 0 Å². The Kier molecular flexibility index (Phi) is 5.27. The van der Waals surface area contributed by atoms with Crippen LogP contribution >= 0.6 is 11.6 Å². The van der Waals surface area contributed by atoms with Crippen molar-refractivity contribution >= 4 is 23.4 Å². The number of pyridine rings is 1. The van der Waals surface area contributed by atoms with Crippen molar-refractivity contribution in [1.82, 2.24) is 15.2 Å². The van der Waals surface area contributed by atoms with Crippen molar-refractivity contribution in [3.05, 3.63) is 41.0 Å². The molecule has 8 heteroatoms. The molecule has 0 bridgehead atoms. The number of aromatic hydroxyl groups is 1. The van der Waals surface area contributed by atoms with E-state index in [-0.39, 0.29) is 37.3 Å². The van der Waals surface area contributed by atoms with E-state index in [2.05, 4.69) is 10.3 Å². The van der Waals surface area contributed by atoms with Crippen LogP contribution in [-0.2, 0) is 16.1 Å². The minimum absolute atomic E-state index is 0.00888. The van der Waals surface area contributed by atoms with Crippen molar-refractivity contribution < 1.29 is 19.4 Å². The van der Waals surface area contributed by atoms with E-state index in [9.17, 15) is 14.7 Å². The van der Waals surface area contributed by atoms with Gasteiger partial charge in [0.25, 0.3) is 0 Å². The monoisotopic (exact) mass is 375 g/mol. The zero-order valence-corrected chi connectivity index (χ0v) is 14.9. The maximum atomic E-state index is 12.3. The zero-order valence-electron chi connectivity index (χ0n) is 14.2. The van der Waals surface area contributed by atoms with Crippen LogP contribution in [0, 0.1) is 0 Å². The van der Waals surface area contributed by atoms with Crippen LogP contribution in [0.15, 0.2) is 30.5 Å². The van der Waals surface area contributed by atoms with Gasteiger partial charge in [0.15, 0.2) is 11.5 Å². The number of rotatable bonds is 3. The zero-order chi connectivity index (χ0) is 18.7. The number of ether oxygens (including phenoxy) is 1. The maximum absolute atomic E-state index is 12.3. The van der Waals surface area contributed by atoms with Crippen molar-refractivity contribution in [3.8, 4) is 22.8 Å². The normalized spacial score (nSPS) is 13.4. The van der Waals surface area contributed by atoms with Crippen LogP contribution in [0.1, 0.15) is 12.5 Å². The Bertz CT molecular complexity index is 839. The predicted molar refractivity (Wildman–Crippen MR) is 95.9 cm³/mol. The van der Waals surface area contributed by atoms with Crippen LogP contribution in [0.5, 0.6) is 11.5 Å². The molecule has 136 valence electrons. The lowest BCUT2D eigenvalue weighted by atomic mass is 10.0. The van der Waals surface area contributed by atoms with Crippen molar-refractivity contribution in [2.45, 2.75) is 13.5 Å². The quantitative estimate of drug-likeness (QED) is 0.855. The third kappa shape index (κ3) is 4.05. The third-order valence-electron chi connectivity index (χ3n) is 3.98. The van der Waals surface area contributed by atoms with E-state index < -0.39 is 0 Å². The van der Waals surface area contributed by atoms with E-state index in [1.807, 2.05) is 6.07 Å². The SMILES string of the molecule is CC(=O)NCC(=O)N1CCOc2c(O)cc(-c3ccc(Cl)cn3)cc2C1. The number of nitrogens with one attached hydrogen (secondary N) is 1. The number of nitrogens with zero attached hydrogens (tertiary/aromatic N) is 2. The van der Waals surface area contributed by atoms with Gasteiger partial charge in [0.2, 0.25) is 11.8 Å². The van der Waals surface area contributed by atoms with Gasteiger partial charge in [-0.25, -0.2) is 0 Å². The number of amides is 2. The highest BCUT2D eigenvalue weighted by atomic mass is 35.5. The summed E-state index contributed by atoms with van der Waals surface area (Å²) in [5.41, 5.74) is 2.01. The van der Waals surface area contributed by atoms with Gasteiger partial charge in [-0.15, -0.1) is 0 Å². The molecule has 2 aromatic rings. The highest BCUT2D eigenvalue weighted by Crippen LogP contribution is 2.37. The van der Waals surface area contributed by atoms with E-state index in [1.165, 1.54) is 13.1 Å². The number of benzene rings is 1. The number of halogens is 1. The summed E-state index contributed by atoms with van der Waals surface area (Å²) in [4.78, 5) is 29.2. The summed E-state index contributed by atoms with van der Waals surface area (Å²) in [5, 5.41) is 13.4. The molecule has 0 atom stereocenters. The van der Waals surface area contributed by atoms with Gasteiger partial charge in [-0.3, -0.25) is 14.6 Å². The van der Waals surface area contributed by atoms with Crippen LogP contribution in [0.25, 0.3) is 11.3 Å². The first-order chi connectivity index (χ1) is 12.4. The topological polar surface area (TPSA) is 91.8 Å². The summed E-state index contributed by atoms with van der Waals surface area (Å²) in [6.45, 7) is 2.17. The minimum Gasteiger partial charge on any atom is -0.504 e. The summed E-state index contributed by atoms with van der Waals surface area (Å²) in [5.74, 6) is -0.132. The highest BCUT2D eigenvalue weighted by Gasteiger charge is 2.23. The summed E-state index contributed by atoms with van der Waals surface area (Å²) < 4.78 is 5.62. The predicted octanol–water partition coefficient (Wildman–Crippen LogP) is 1.96. The number of aromatic nitrogens is 1. The second-order valence-corrected chi connectivity index (χ2v) is 6.36. The lowest BCUT2D eigenvalue weighted by Gasteiger charge is -2.20. The summed E-state index contributed by atoms with van der Waals surface area (Å²) in [6.07, 6.45) is 1.53. The number of carbonyl (C=O) groups is 2. The molecule has 0 unspecified atom stereocenters. The molecule has 1 aliphatic heterocycles. The second-order valence-electron chi connectivity index (χ2n) is 5.92. The number of fused-ring (bicyclic) bond motifs is 1. The number of phenolic OH excluding ortho intramolecular Hbond substituents is 1. The molecule has 2 heterocycles. The lowest BCUT2D eigenvalue weighted by molar-refractivity contribution is -0.133. The maximum Gasteiger partial charge on any atom is 0.242 e. The molecule has 2 N–H and O–H groups in total. The molecule has 3 rings (SSSR count). The Morgan fingerprint density at radius 2 is 2.19 bits per heavy atom. The molecule has 26 heavy (non-hydrogen) atoms. The third-order valence-corrected chi connectivity index (χ3v) is 4.20. The van der Waals surface area contributed by atoms with Gasteiger partial charge in [-0.2, -0.15) is 0 Å². The van der Waals surface area contributed by atoms with Gasteiger partial charge < -0.3 is 20.1 Å². The standard InChI is InChI=1S/C18H18ClN3O4/c1-11(23)20-9-17(25)22-4-5-26-18-13(10-22)6-12(7-16(18)24)15-3-2-14(19)8-21-15/h2-3,6-8,24H,4-5,9-10H2,1H3,(H,20,23). The number of phenols is 1. The average Bonchev–Trinajstić information content (AvgIpc) is 2.83. The first-order valence-corrected chi connectivity index (χ1v) is 8.44. The highest BCUT2D eigenvalue weighted by molar-refractivity contribution is 6.30. The molecule has 7 nitrogen and oxygen atoms in total. The molecule has 0 radical (unpaired) electrons. The van der Waals surface area contributed by atoms with Crippen molar-refractivity contribution in [1.29, 1.82) is 0 Å². The van der Waals surface area contributed by atoms with E-state index in [1.54, 1.807) is 23.1 Å². The number of carbonyl (C=O) groups excluding carboxylic acids is 2. The molecule has 1 aromatic heterocycles. The molecule has 0 aliphatic carbocycles. The molecule has 0 saturated carbocycles. The van der Waals surface area contributed by atoms with Crippen LogP contribution in [0.3, 0.4) is 0 Å². The molecule has 0 fully saturated rings. The minimum atomic E-state index is -0.265. The van der Waals surface area contributed by atoms with E-state index in [0.717, 1.165) is 0 Å². The molecule has 0 spiro atoms. The molecular formula is C18H18ClN3O4. The summed E-state index contributed by atoms with van der Waals surface area (Å²) in [6, 6.07) is 6.87. The van der Waals surface area contributed by atoms with Gasteiger partial charge in [-0.1, -0.05) is 11.6 Å². The smallest absolute Gasteiger partial charge is 0.242 e. The fourth-order valence-electron chi connectivity index (χ4n) is 2.72. The van der Waals surface area contributed by atoms with Gasteiger partial charge in [0, 0.05) is 30.8 Å². The fourth-order valence-corrected chi connectivity index (χ4v) is 2.83. The molecule has 1 aromatic carbocycles. The Labute approximate surface area is 155 Å². The van der Waals surface area contributed by atoms with E-state index >= 15 is 0 Å². The van der Waals surface area contributed by atoms with Crippen LogP contribution in [0.2, 0.25) is 5.02 Å². The van der Waals surface area contributed by atoms with Crippen LogP contribution in [-0.4, -0.2) is 46.5 Å².